The molecule has 22 heavy (non-hydrogen) atoms. The maximum Gasteiger partial charge on any atom is 0.335 e. The second-order valence-corrected chi connectivity index (χ2v) is 5.73. The lowest BCUT2D eigenvalue weighted by atomic mass is 10.2. The molecule has 5 heteroatoms. The molecular formula is C17H17BrN2O2. The summed E-state index contributed by atoms with van der Waals surface area (Å²) in [6, 6.07) is 12.8. The number of aromatic carboxylic acids is 1. The van der Waals surface area contributed by atoms with E-state index in [2.05, 4.69) is 34.8 Å². The van der Waals surface area contributed by atoms with Gasteiger partial charge < -0.3 is 5.11 Å². The summed E-state index contributed by atoms with van der Waals surface area (Å²) < 4.78 is 2.90. The smallest absolute Gasteiger partial charge is 0.335 e. The van der Waals surface area contributed by atoms with Crippen LogP contribution < -0.4 is 0 Å². The van der Waals surface area contributed by atoms with Crippen LogP contribution in [0.3, 0.4) is 0 Å². The zero-order valence-corrected chi connectivity index (χ0v) is 14.0. The Labute approximate surface area is 137 Å². The topological polar surface area (TPSA) is 55.1 Å². The summed E-state index contributed by atoms with van der Waals surface area (Å²) >= 11 is 3.43. The summed E-state index contributed by atoms with van der Waals surface area (Å²) in [4.78, 5) is 15.2. The highest BCUT2D eigenvalue weighted by atomic mass is 79.9. The monoisotopic (exact) mass is 360 g/mol. The van der Waals surface area contributed by atoms with Gasteiger partial charge in [-0.25, -0.2) is 9.78 Å². The van der Waals surface area contributed by atoms with Gasteiger partial charge in [0.25, 0.3) is 0 Å². The number of benzene rings is 2. The predicted molar refractivity (Wildman–Crippen MR) is 91.7 cm³/mol. The Morgan fingerprint density at radius 1 is 1.23 bits per heavy atom. The van der Waals surface area contributed by atoms with Crippen LogP contribution in [0.4, 0.5) is 0 Å². The highest BCUT2D eigenvalue weighted by molar-refractivity contribution is 9.10. The maximum atomic E-state index is 10.9. The lowest BCUT2D eigenvalue weighted by molar-refractivity contribution is 0.0697. The zero-order chi connectivity index (χ0) is 16.1. The molecule has 0 atom stereocenters. The van der Waals surface area contributed by atoms with E-state index < -0.39 is 5.97 Å². The summed E-state index contributed by atoms with van der Waals surface area (Å²) in [5.41, 5.74) is 2.76. The molecule has 114 valence electrons. The number of imidazole rings is 1. The zero-order valence-electron chi connectivity index (χ0n) is 12.5. The van der Waals surface area contributed by atoms with Crippen LogP contribution in [0.2, 0.25) is 0 Å². The second kappa shape index (κ2) is 7.22. The maximum absolute atomic E-state index is 10.9. The Bertz CT molecular complexity index is 796. The molecule has 0 saturated carbocycles. The molecule has 1 heterocycles. The van der Waals surface area contributed by atoms with Gasteiger partial charge in [0.05, 0.1) is 16.6 Å². The molecule has 0 unspecified atom stereocenters. The number of hydrogen-bond acceptors (Lipinski definition) is 2. The Hall–Kier alpha value is -2.14. The van der Waals surface area contributed by atoms with Crippen molar-refractivity contribution in [3.63, 3.8) is 0 Å². The van der Waals surface area contributed by atoms with Gasteiger partial charge in [-0.15, -0.1) is 0 Å². The van der Waals surface area contributed by atoms with E-state index in [1.807, 2.05) is 28.8 Å². The first-order chi connectivity index (χ1) is 10.6. The highest BCUT2D eigenvalue weighted by Crippen LogP contribution is 2.21. The van der Waals surface area contributed by atoms with E-state index in [9.17, 15) is 4.79 Å². The van der Waals surface area contributed by atoms with Crippen molar-refractivity contribution in [3.05, 3.63) is 58.8 Å². The molecule has 3 rings (SSSR count). The van der Waals surface area contributed by atoms with Crippen molar-refractivity contribution in [2.45, 2.75) is 20.3 Å². The number of fused-ring (bicyclic) bond motifs is 1. The summed E-state index contributed by atoms with van der Waals surface area (Å²) in [5, 5.41) is 8.96. The fourth-order valence-corrected chi connectivity index (χ4v) is 2.36. The van der Waals surface area contributed by atoms with Crippen LogP contribution in [-0.4, -0.2) is 20.6 Å². The molecule has 1 N–H and O–H groups in total. The van der Waals surface area contributed by atoms with Crippen LogP contribution in [0, 0.1) is 0 Å². The molecule has 0 radical (unpaired) electrons. The van der Waals surface area contributed by atoms with Crippen molar-refractivity contribution < 1.29 is 9.90 Å². The standard InChI is InChI=1S/C14H9BrN2O2.C3H8/c15-10-2-1-3-11(7-10)17-8-16-12-6-9(14(18)19)4-5-13(12)17;1-3-2/h1-8H,(H,18,19);3H2,1-2H3. The first-order valence-electron chi connectivity index (χ1n) is 7.03. The minimum Gasteiger partial charge on any atom is -0.478 e. The van der Waals surface area contributed by atoms with Crippen molar-refractivity contribution in [2.24, 2.45) is 0 Å². The first-order valence-corrected chi connectivity index (χ1v) is 7.82. The van der Waals surface area contributed by atoms with Gasteiger partial charge in [-0.2, -0.15) is 0 Å². The van der Waals surface area contributed by atoms with Gasteiger partial charge in [-0.3, -0.25) is 4.57 Å². The van der Waals surface area contributed by atoms with Crippen molar-refractivity contribution in [1.82, 2.24) is 9.55 Å². The van der Waals surface area contributed by atoms with Crippen LogP contribution in [0.5, 0.6) is 0 Å². The Morgan fingerprint density at radius 3 is 2.59 bits per heavy atom. The summed E-state index contributed by atoms with van der Waals surface area (Å²) in [7, 11) is 0. The molecule has 0 spiro atoms. The van der Waals surface area contributed by atoms with Crippen LogP contribution in [0.1, 0.15) is 30.6 Å². The third-order valence-corrected chi connectivity index (χ3v) is 3.37. The van der Waals surface area contributed by atoms with E-state index in [0.29, 0.717) is 5.52 Å². The lowest BCUT2D eigenvalue weighted by Gasteiger charge is -2.04. The number of nitrogens with zero attached hydrogens (tertiary/aromatic N) is 2. The van der Waals surface area contributed by atoms with Crippen LogP contribution in [0.25, 0.3) is 16.7 Å². The number of rotatable bonds is 2. The van der Waals surface area contributed by atoms with Gasteiger partial charge in [0.2, 0.25) is 0 Å². The molecule has 0 fully saturated rings. The van der Waals surface area contributed by atoms with Gasteiger partial charge in [-0.05, 0) is 36.4 Å². The van der Waals surface area contributed by atoms with Gasteiger partial charge in [0.15, 0.2) is 0 Å². The van der Waals surface area contributed by atoms with E-state index in [-0.39, 0.29) is 5.56 Å². The van der Waals surface area contributed by atoms with E-state index >= 15 is 0 Å². The minimum absolute atomic E-state index is 0.243. The molecule has 1 aromatic heterocycles. The van der Waals surface area contributed by atoms with Gasteiger partial charge >= 0.3 is 5.97 Å². The molecule has 4 nitrogen and oxygen atoms in total. The third-order valence-electron chi connectivity index (χ3n) is 2.88. The predicted octanol–water partition coefficient (Wildman–Crippen LogP) is 4.90. The Morgan fingerprint density at radius 2 is 1.95 bits per heavy atom. The molecule has 0 aliphatic carbocycles. The second-order valence-electron chi connectivity index (χ2n) is 4.81. The van der Waals surface area contributed by atoms with E-state index in [0.717, 1.165) is 15.7 Å². The van der Waals surface area contributed by atoms with Crippen molar-refractivity contribution >= 4 is 32.9 Å². The number of halogens is 1. The number of hydrogen-bond donors (Lipinski definition) is 1. The van der Waals surface area contributed by atoms with E-state index in [4.69, 9.17) is 5.11 Å². The molecule has 0 bridgehead atoms. The van der Waals surface area contributed by atoms with Gasteiger partial charge in [0, 0.05) is 10.2 Å². The largest absolute Gasteiger partial charge is 0.478 e. The van der Waals surface area contributed by atoms with Crippen LogP contribution in [0.15, 0.2) is 53.3 Å². The van der Waals surface area contributed by atoms with E-state index in [1.54, 1.807) is 24.5 Å². The quantitative estimate of drug-likeness (QED) is 0.706. The molecule has 2 aromatic carbocycles. The molecule has 0 amide bonds. The summed E-state index contributed by atoms with van der Waals surface area (Å²) in [6.07, 6.45) is 2.94. The summed E-state index contributed by atoms with van der Waals surface area (Å²) in [5.74, 6) is -0.945. The first kappa shape index (κ1) is 16.2. The van der Waals surface area contributed by atoms with E-state index in [1.165, 1.54) is 6.42 Å². The molecular weight excluding hydrogens is 344 g/mol. The number of carboxylic acid groups (broad SMARTS) is 1. The lowest BCUT2D eigenvalue weighted by Crippen LogP contribution is -1.96. The van der Waals surface area contributed by atoms with Gasteiger partial charge in [-0.1, -0.05) is 42.3 Å². The minimum atomic E-state index is -0.945. The molecule has 0 saturated heterocycles. The average molecular weight is 361 g/mol. The van der Waals surface area contributed by atoms with Crippen molar-refractivity contribution in [2.75, 3.05) is 0 Å². The SMILES string of the molecule is CCC.O=C(O)c1ccc2c(c1)ncn2-c1cccc(Br)c1. The van der Waals surface area contributed by atoms with Crippen LogP contribution in [-0.2, 0) is 0 Å². The van der Waals surface area contributed by atoms with Gasteiger partial charge in [0.1, 0.15) is 6.33 Å². The molecule has 0 aliphatic rings. The molecule has 3 aromatic rings. The fourth-order valence-electron chi connectivity index (χ4n) is 1.98. The number of carbonyl (C=O) groups is 1. The number of aromatic nitrogens is 2. The Kier molecular flexibility index (Phi) is 5.33. The van der Waals surface area contributed by atoms with Crippen molar-refractivity contribution in [3.8, 4) is 5.69 Å². The average Bonchev–Trinajstić information content (AvgIpc) is 2.91. The Balaban J connectivity index is 0.000000545. The fraction of sp³-hybridized carbons (Fsp3) is 0.176. The molecule has 0 aliphatic heterocycles. The third kappa shape index (κ3) is 3.54. The van der Waals surface area contributed by atoms with Crippen molar-refractivity contribution in [1.29, 1.82) is 0 Å². The number of carboxylic acids is 1. The van der Waals surface area contributed by atoms with Crippen LogP contribution >= 0.6 is 15.9 Å². The normalized spacial score (nSPS) is 10.1. The highest BCUT2D eigenvalue weighted by Gasteiger charge is 2.08. The summed E-state index contributed by atoms with van der Waals surface area (Å²) in [6.45, 7) is 4.25.